The van der Waals surface area contributed by atoms with Crippen LogP contribution < -0.4 is 0 Å². The highest BCUT2D eigenvalue weighted by Crippen LogP contribution is 2.64. The smallest absolute Gasteiger partial charge is 0.171 e. The second-order valence-electron chi connectivity index (χ2n) is 10.7. The third-order valence-corrected chi connectivity index (χ3v) is 9.74. The number of aliphatic hydroxyl groups is 1. The van der Waals surface area contributed by atoms with E-state index in [4.69, 9.17) is 9.47 Å². The van der Waals surface area contributed by atoms with Crippen molar-refractivity contribution < 1.29 is 19.4 Å². The van der Waals surface area contributed by atoms with Gasteiger partial charge in [0.05, 0.1) is 18.8 Å². The number of allylic oxidation sites excluding steroid dienone is 1. The molecule has 0 amide bonds. The Morgan fingerprint density at radius 3 is 2.55 bits per heavy atom. The number of benzene rings is 1. The lowest BCUT2D eigenvalue weighted by molar-refractivity contribution is -0.208. The van der Waals surface area contributed by atoms with Crippen molar-refractivity contribution in [3.63, 3.8) is 0 Å². The molecular weight excluding hydrogens is 456 g/mol. The quantitative estimate of drug-likeness (QED) is 0.548. The number of Topliss-reactive ketones (excluding diaryl/α,β-unsaturated/α-hetero) is 1. The van der Waals surface area contributed by atoms with E-state index in [9.17, 15) is 9.90 Å². The number of halogens is 1. The van der Waals surface area contributed by atoms with Crippen molar-refractivity contribution >= 4 is 21.7 Å². The van der Waals surface area contributed by atoms with Crippen LogP contribution in [0.25, 0.3) is 0 Å². The Hall–Kier alpha value is -1.01. The van der Waals surface area contributed by atoms with Gasteiger partial charge in [-0.25, -0.2) is 0 Å². The molecule has 0 aromatic heterocycles. The van der Waals surface area contributed by atoms with Gasteiger partial charge in [-0.1, -0.05) is 40.6 Å². The lowest BCUT2D eigenvalue weighted by Gasteiger charge is -2.55. The Bertz CT molecular complexity index is 947. The average Bonchev–Trinajstić information content (AvgIpc) is 3.31. The second kappa shape index (κ2) is 6.99. The van der Waals surface area contributed by atoms with Gasteiger partial charge < -0.3 is 14.6 Å². The predicted octanol–water partition coefficient (Wildman–Crippen LogP) is 5.29. The van der Waals surface area contributed by atoms with Gasteiger partial charge in [-0.05, 0) is 67.2 Å². The van der Waals surface area contributed by atoms with Crippen LogP contribution in [0.5, 0.6) is 0 Å². The zero-order valence-corrected chi connectivity index (χ0v) is 19.7. The summed E-state index contributed by atoms with van der Waals surface area (Å²) in [6.07, 6.45) is 6.45. The number of ketones is 1. The Morgan fingerprint density at radius 1 is 1.06 bits per heavy atom. The van der Waals surface area contributed by atoms with Gasteiger partial charge in [0.15, 0.2) is 5.79 Å². The molecule has 1 aromatic rings. The van der Waals surface area contributed by atoms with Gasteiger partial charge in [0, 0.05) is 35.1 Å². The summed E-state index contributed by atoms with van der Waals surface area (Å²) in [4.78, 5) is 13.0. The van der Waals surface area contributed by atoms with E-state index in [1.165, 1.54) is 16.7 Å². The monoisotopic (exact) mass is 486 g/mol. The molecule has 1 spiro atoms. The van der Waals surface area contributed by atoms with Gasteiger partial charge in [0.25, 0.3) is 0 Å². The number of carbonyl (C=O) groups is 1. The minimum Gasteiger partial charge on any atom is -0.385 e. The van der Waals surface area contributed by atoms with Crippen LogP contribution in [0.1, 0.15) is 69.8 Å². The fraction of sp³-hybridized carbons (Fsp3) is 0.654. The molecule has 5 atom stereocenters. The molecule has 5 heteroatoms. The van der Waals surface area contributed by atoms with Crippen molar-refractivity contribution in [1.82, 2.24) is 0 Å². The fourth-order valence-electron chi connectivity index (χ4n) is 7.78. The van der Waals surface area contributed by atoms with Gasteiger partial charge in [0.1, 0.15) is 5.78 Å². The van der Waals surface area contributed by atoms with Crippen LogP contribution in [-0.4, -0.2) is 35.5 Å². The Labute approximate surface area is 192 Å². The molecule has 3 saturated carbocycles. The summed E-state index contributed by atoms with van der Waals surface area (Å²) in [5.74, 6) is 0.843. The first kappa shape index (κ1) is 20.6. The van der Waals surface area contributed by atoms with Crippen LogP contribution in [0, 0.1) is 17.3 Å². The Balaban J connectivity index is 1.48. The average molecular weight is 487 g/mol. The summed E-state index contributed by atoms with van der Waals surface area (Å²) in [6.45, 7) is 3.46. The number of ether oxygens (including phenoxy) is 2. The van der Waals surface area contributed by atoms with E-state index in [0.29, 0.717) is 43.7 Å². The molecule has 0 bridgehead atoms. The molecular formula is C26H31BrO4. The van der Waals surface area contributed by atoms with E-state index < -0.39 is 11.4 Å². The van der Waals surface area contributed by atoms with E-state index in [0.717, 1.165) is 43.0 Å². The zero-order valence-electron chi connectivity index (χ0n) is 18.2. The number of carbonyl (C=O) groups excluding carboxylic acids is 1. The van der Waals surface area contributed by atoms with Gasteiger partial charge in [0.2, 0.25) is 0 Å². The van der Waals surface area contributed by atoms with Crippen molar-refractivity contribution in [2.24, 2.45) is 17.3 Å². The number of fused-ring (bicyclic) bond motifs is 4. The summed E-state index contributed by atoms with van der Waals surface area (Å²) in [5, 5.41) is 11.9. The van der Waals surface area contributed by atoms with Gasteiger partial charge in [-0.15, -0.1) is 0 Å². The molecule has 0 radical (unpaired) electrons. The molecule has 1 aromatic carbocycles. The zero-order chi connectivity index (χ0) is 21.4. The molecule has 1 saturated heterocycles. The SMILES string of the molecule is CC12CC(c3ccc(Br)cc3)C3=C4CCC5(CC4(O)CCC3C1CCC2=O)OCCO5. The summed E-state index contributed by atoms with van der Waals surface area (Å²) in [6, 6.07) is 8.60. The lowest BCUT2D eigenvalue weighted by Crippen LogP contribution is -2.53. The molecule has 166 valence electrons. The van der Waals surface area contributed by atoms with Crippen LogP contribution in [0.3, 0.4) is 0 Å². The standard InChI is InChI=1S/C26H31BrO4/c1-24-14-19(16-2-4-17(27)5-3-16)23-18(20(24)6-7-22(24)28)8-10-25(29)15-26(11-9-21(23)25)30-12-13-31-26/h2-5,18-20,29H,6-15H2,1H3. The van der Waals surface area contributed by atoms with Crippen LogP contribution in [0.2, 0.25) is 0 Å². The predicted molar refractivity (Wildman–Crippen MR) is 121 cm³/mol. The first-order chi connectivity index (χ1) is 14.8. The summed E-state index contributed by atoms with van der Waals surface area (Å²) >= 11 is 3.57. The van der Waals surface area contributed by atoms with Crippen molar-refractivity contribution in [1.29, 1.82) is 0 Å². The Morgan fingerprint density at radius 2 is 1.81 bits per heavy atom. The van der Waals surface area contributed by atoms with E-state index >= 15 is 0 Å². The minimum absolute atomic E-state index is 0.197. The van der Waals surface area contributed by atoms with Gasteiger partial charge >= 0.3 is 0 Å². The highest BCUT2D eigenvalue weighted by molar-refractivity contribution is 9.10. The summed E-state index contributed by atoms with van der Waals surface area (Å²) in [5.41, 5.74) is 2.87. The molecule has 1 aliphatic heterocycles. The molecule has 4 aliphatic carbocycles. The van der Waals surface area contributed by atoms with Gasteiger partial charge in [-0.2, -0.15) is 0 Å². The summed E-state index contributed by atoms with van der Waals surface area (Å²) in [7, 11) is 0. The van der Waals surface area contributed by atoms with E-state index in [-0.39, 0.29) is 11.3 Å². The van der Waals surface area contributed by atoms with E-state index in [1.807, 2.05) is 0 Å². The lowest BCUT2D eigenvalue weighted by atomic mass is 9.51. The third-order valence-electron chi connectivity index (χ3n) is 9.21. The molecule has 31 heavy (non-hydrogen) atoms. The van der Waals surface area contributed by atoms with Crippen molar-refractivity contribution in [2.75, 3.05) is 13.2 Å². The Kier molecular flexibility index (Phi) is 4.64. The largest absolute Gasteiger partial charge is 0.385 e. The minimum atomic E-state index is -0.849. The molecule has 4 nitrogen and oxygen atoms in total. The maximum atomic E-state index is 13.0. The number of rotatable bonds is 1. The first-order valence-electron chi connectivity index (χ1n) is 11.9. The molecule has 5 unspecified atom stereocenters. The van der Waals surface area contributed by atoms with Gasteiger partial charge in [-0.3, -0.25) is 4.79 Å². The molecule has 1 heterocycles. The first-order valence-corrected chi connectivity index (χ1v) is 12.7. The van der Waals surface area contributed by atoms with E-state index in [1.54, 1.807) is 0 Å². The van der Waals surface area contributed by atoms with Crippen LogP contribution in [0.4, 0.5) is 0 Å². The topological polar surface area (TPSA) is 55.8 Å². The fourth-order valence-corrected chi connectivity index (χ4v) is 8.04. The molecule has 4 fully saturated rings. The number of hydrogen-bond acceptors (Lipinski definition) is 4. The third kappa shape index (κ3) is 2.99. The van der Waals surface area contributed by atoms with Crippen LogP contribution >= 0.6 is 15.9 Å². The highest BCUT2D eigenvalue weighted by Gasteiger charge is 2.60. The van der Waals surface area contributed by atoms with Crippen LogP contribution in [-0.2, 0) is 14.3 Å². The summed E-state index contributed by atoms with van der Waals surface area (Å²) < 4.78 is 13.1. The van der Waals surface area contributed by atoms with Crippen molar-refractivity contribution in [3.8, 4) is 0 Å². The molecule has 5 aliphatic rings. The van der Waals surface area contributed by atoms with E-state index in [2.05, 4.69) is 47.1 Å². The van der Waals surface area contributed by atoms with Crippen molar-refractivity contribution in [2.45, 2.75) is 75.6 Å². The number of hydrogen-bond donors (Lipinski definition) is 1. The molecule has 1 N–H and O–H groups in total. The van der Waals surface area contributed by atoms with Crippen molar-refractivity contribution in [3.05, 3.63) is 45.4 Å². The maximum Gasteiger partial charge on any atom is 0.171 e. The highest BCUT2D eigenvalue weighted by atomic mass is 79.9. The maximum absolute atomic E-state index is 13.0. The normalized spacial score (nSPS) is 41.3. The van der Waals surface area contributed by atoms with Crippen LogP contribution in [0.15, 0.2) is 39.9 Å². The molecule has 6 rings (SSSR count). The second-order valence-corrected chi connectivity index (χ2v) is 11.6.